The van der Waals surface area contributed by atoms with Gasteiger partial charge in [-0.3, -0.25) is 0 Å². The smallest absolute Gasteiger partial charge is 0.184 e. The van der Waals surface area contributed by atoms with Gasteiger partial charge in [-0.1, -0.05) is 18.7 Å². The van der Waals surface area contributed by atoms with E-state index in [1.165, 1.54) is 0 Å². The monoisotopic (exact) mass is 220 g/mol. The van der Waals surface area contributed by atoms with Gasteiger partial charge in [0, 0.05) is 0 Å². The molecule has 0 saturated carbocycles. The molecule has 0 unspecified atom stereocenters. The quantitative estimate of drug-likeness (QED) is 0.767. The Morgan fingerprint density at radius 1 is 1.50 bits per heavy atom. The highest BCUT2D eigenvalue weighted by Crippen LogP contribution is 2.31. The summed E-state index contributed by atoms with van der Waals surface area (Å²) in [6.45, 7) is 7.38. The molecule has 1 aliphatic rings. The zero-order chi connectivity index (χ0) is 11.4. The molecule has 3 nitrogen and oxygen atoms in total. The summed E-state index contributed by atoms with van der Waals surface area (Å²) >= 11 is 0. The van der Waals surface area contributed by atoms with Crippen LogP contribution in [0.4, 0.5) is 0 Å². The molecule has 0 bridgehead atoms. The van der Waals surface area contributed by atoms with Crippen LogP contribution in [0.1, 0.15) is 6.92 Å². The lowest BCUT2D eigenvalue weighted by Gasteiger charge is -2.28. The third-order valence-corrected chi connectivity index (χ3v) is 2.79. The van der Waals surface area contributed by atoms with Crippen molar-refractivity contribution in [1.29, 1.82) is 0 Å². The number of hydrogen-bond acceptors (Lipinski definition) is 2. The average molecular weight is 220 g/mol. The molecule has 0 fully saturated rings. The standard InChI is InChI=1S/C13H17NO2/c1-3-8-14-10(2)13-9-15-11-6-4-5-7-12(11)16-13/h3-7,10,13-14H,1,8-9H2,2H3/p+1/t10-,13+/m1/s1. The fourth-order valence-corrected chi connectivity index (χ4v) is 1.76. The third-order valence-electron chi connectivity index (χ3n) is 2.79. The molecule has 0 amide bonds. The number of ether oxygens (including phenoxy) is 2. The van der Waals surface area contributed by atoms with Crippen LogP contribution in [0.3, 0.4) is 0 Å². The second kappa shape index (κ2) is 5.03. The predicted molar refractivity (Wildman–Crippen MR) is 62.8 cm³/mol. The van der Waals surface area contributed by atoms with Gasteiger partial charge in [0.15, 0.2) is 17.6 Å². The molecular formula is C13H18NO2+. The van der Waals surface area contributed by atoms with Crippen molar-refractivity contribution in [2.75, 3.05) is 13.2 Å². The van der Waals surface area contributed by atoms with Crippen molar-refractivity contribution in [3.05, 3.63) is 36.9 Å². The number of quaternary nitrogens is 1. The Kier molecular flexibility index (Phi) is 3.47. The van der Waals surface area contributed by atoms with Gasteiger partial charge in [-0.25, -0.2) is 0 Å². The lowest BCUT2D eigenvalue weighted by Crippen LogP contribution is -2.92. The van der Waals surface area contributed by atoms with Crippen molar-refractivity contribution in [2.45, 2.75) is 19.1 Å². The summed E-state index contributed by atoms with van der Waals surface area (Å²) < 4.78 is 11.6. The molecule has 2 rings (SSSR count). The summed E-state index contributed by atoms with van der Waals surface area (Å²) in [5, 5.41) is 2.20. The van der Waals surface area contributed by atoms with Crippen LogP contribution in [-0.2, 0) is 0 Å². The van der Waals surface area contributed by atoms with Crippen molar-refractivity contribution in [1.82, 2.24) is 0 Å². The molecule has 1 aromatic carbocycles. The van der Waals surface area contributed by atoms with Gasteiger partial charge in [0.1, 0.15) is 12.6 Å². The SMILES string of the molecule is C=CC[NH2+][C@H](C)[C@@H]1COc2ccccc2O1. The number of nitrogens with two attached hydrogens (primary N) is 1. The van der Waals surface area contributed by atoms with Crippen LogP contribution in [-0.4, -0.2) is 25.3 Å². The maximum atomic E-state index is 5.90. The van der Waals surface area contributed by atoms with Gasteiger partial charge in [-0.2, -0.15) is 0 Å². The van der Waals surface area contributed by atoms with Crippen LogP contribution >= 0.6 is 0 Å². The molecule has 1 aliphatic heterocycles. The molecule has 3 heteroatoms. The molecule has 1 heterocycles. The highest BCUT2D eigenvalue weighted by Gasteiger charge is 2.27. The minimum atomic E-state index is 0.106. The Bertz CT molecular complexity index is 365. The van der Waals surface area contributed by atoms with Crippen molar-refractivity contribution < 1.29 is 14.8 Å². The van der Waals surface area contributed by atoms with Crippen molar-refractivity contribution >= 4 is 0 Å². The lowest BCUT2D eigenvalue weighted by atomic mass is 10.1. The van der Waals surface area contributed by atoms with Crippen molar-refractivity contribution in [2.24, 2.45) is 0 Å². The normalized spacial score (nSPS) is 20.2. The molecule has 0 spiro atoms. The zero-order valence-electron chi connectivity index (χ0n) is 9.56. The van der Waals surface area contributed by atoms with Gasteiger partial charge in [0.05, 0.1) is 6.54 Å². The fourth-order valence-electron chi connectivity index (χ4n) is 1.76. The number of benzene rings is 1. The molecule has 0 saturated heterocycles. The van der Waals surface area contributed by atoms with Gasteiger partial charge in [-0.15, -0.1) is 0 Å². The molecule has 0 aromatic heterocycles. The second-order valence-electron chi connectivity index (χ2n) is 4.03. The Hall–Kier alpha value is -1.48. The van der Waals surface area contributed by atoms with Gasteiger partial charge >= 0.3 is 0 Å². The summed E-state index contributed by atoms with van der Waals surface area (Å²) in [7, 11) is 0. The van der Waals surface area contributed by atoms with E-state index >= 15 is 0 Å². The first-order chi connectivity index (χ1) is 7.81. The van der Waals surface area contributed by atoms with E-state index in [0.717, 1.165) is 18.0 Å². The van der Waals surface area contributed by atoms with Gasteiger partial charge < -0.3 is 14.8 Å². The predicted octanol–water partition coefficient (Wildman–Crippen LogP) is 0.964. The zero-order valence-corrected chi connectivity index (χ0v) is 9.56. The third kappa shape index (κ3) is 2.36. The van der Waals surface area contributed by atoms with Gasteiger partial charge in [0.25, 0.3) is 0 Å². The van der Waals surface area contributed by atoms with Crippen LogP contribution in [0.15, 0.2) is 36.9 Å². The second-order valence-corrected chi connectivity index (χ2v) is 4.03. The maximum absolute atomic E-state index is 5.90. The van der Waals surface area contributed by atoms with Gasteiger partial charge in [0.2, 0.25) is 0 Å². The van der Waals surface area contributed by atoms with E-state index in [1.807, 2.05) is 30.3 Å². The Balaban J connectivity index is 1.99. The minimum absolute atomic E-state index is 0.106. The molecule has 16 heavy (non-hydrogen) atoms. The minimum Gasteiger partial charge on any atom is -0.486 e. The summed E-state index contributed by atoms with van der Waals surface area (Å²) in [6, 6.07) is 8.16. The molecule has 2 atom stereocenters. The number of rotatable bonds is 4. The molecule has 0 radical (unpaired) electrons. The first-order valence-corrected chi connectivity index (χ1v) is 5.64. The van der Waals surface area contributed by atoms with E-state index in [-0.39, 0.29) is 6.10 Å². The Labute approximate surface area is 96.1 Å². The van der Waals surface area contributed by atoms with Gasteiger partial charge in [-0.05, 0) is 25.1 Å². The summed E-state index contributed by atoms with van der Waals surface area (Å²) in [4.78, 5) is 0. The van der Waals surface area contributed by atoms with Crippen LogP contribution in [0.5, 0.6) is 11.5 Å². The van der Waals surface area contributed by atoms with E-state index in [9.17, 15) is 0 Å². The molecule has 86 valence electrons. The number of para-hydroxylation sites is 2. The highest BCUT2D eigenvalue weighted by atomic mass is 16.6. The lowest BCUT2D eigenvalue weighted by molar-refractivity contribution is -0.684. The molecule has 0 aliphatic carbocycles. The fraction of sp³-hybridized carbons (Fsp3) is 0.385. The van der Waals surface area contributed by atoms with Crippen LogP contribution in [0, 0.1) is 0 Å². The van der Waals surface area contributed by atoms with E-state index in [0.29, 0.717) is 12.6 Å². The first-order valence-electron chi connectivity index (χ1n) is 5.64. The van der Waals surface area contributed by atoms with Crippen LogP contribution in [0.25, 0.3) is 0 Å². The maximum Gasteiger partial charge on any atom is 0.184 e. The average Bonchev–Trinajstić information content (AvgIpc) is 2.35. The van der Waals surface area contributed by atoms with Crippen LogP contribution in [0.2, 0.25) is 0 Å². The van der Waals surface area contributed by atoms with E-state index in [1.54, 1.807) is 0 Å². The van der Waals surface area contributed by atoms with Crippen molar-refractivity contribution in [3.63, 3.8) is 0 Å². The summed E-state index contributed by atoms with van der Waals surface area (Å²) in [6.07, 6.45) is 2.00. The van der Waals surface area contributed by atoms with E-state index < -0.39 is 0 Å². The number of hydrogen-bond donors (Lipinski definition) is 1. The van der Waals surface area contributed by atoms with Crippen molar-refractivity contribution in [3.8, 4) is 11.5 Å². The number of fused-ring (bicyclic) bond motifs is 1. The molecule has 1 aromatic rings. The van der Waals surface area contributed by atoms with E-state index in [2.05, 4.69) is 18.8 Å². The summed E-state index contributed by atoms with van der Waals surface area (Å²) in [5.41, 5.74) is 0. The first kappa shape index (κ1) is 11.0. The molecule has 2 N–H and O–H groups in total. The Morgan fingerprint density at radius 3 is 3.00 bits per heavy atom. The highest BCUT2D eigenvalue weighted by molar-refractivity contribution is 5.40. The molecular weight excluding hydrogens is 202 g/mol. The topological polar surface area (TPSA) is 35.1 Å². The van der Waals surface area contributed by atoms with Crippen LogP contribution < -0.4 is 14.8 Å². The Morgan fingerprint density at radius 2 is 2.25 bits per heavy atom. The summed E-state index contributed by atoms with van der Waals surface area (Å²) in [5.74, 6) is 1.69. The largest absolute Gasteiger partial charge is 0.486 e. The van der Waals surface area contributed by atoms with E-state index in [4.69, 9.17) is 9.47 Å².